The molecule has 0 amide bonds. The van der Waals surface area contributed by atoms with Crippen molar-refractivity contribution >= 4 is 22.1 Å². The van der Waals surface area contributed by atoms with Gasteiger partial charge in [-0.25, -0.2) is 0 Å². The van der Waals surface area contributed by atoms with Crippen LogP contribution in [0, 0.1) is 0 Å². The van der Waals surface area contributed by atoms with Gasteiger partial charge < -0.3 is 0 Å². The van der Waals surface area contributed by atoms with Crippen LogP contribution in [-0.4, -0.2) is 13.3 Å². The first kappa shape index (κ1) is 12.9. The van der Waals surface area contributed by atoms with E-state index in [1.165, 1.54) is 22.3 Å². The fraction of sp³-hybridized carbons (Fsp3) is 0.100. The molecule has 0 bridgehead atoms. The number of hydrogen-bond donors (Lipinski definition) is 0. The molecular formula is C20H18Ge. The maximum atomic E-state index is 2.52. The third-order valence-corrected chi connectivity index (χ3v) is 12.2. The molecule has 1 aliphatic heterocycles. The number of fused-ring (bicyclic) bond motifs is 5. The zero-order valence-corrected chi connectivity index (χ0v) is 14.5. The zero-order chi connectivity index (χ0) is 14.4. The summed E-state index contributed by atoms with van der Waals surface area (Å²) in [6, 6.07) is 26.9. The molecule has 1 heterocycles. The van der Waals surface area contributed by atoms with Gasteiger partial charge in [-0.1, -0.05) is 0 Å². The van der Waals surface area contributed by atoms with Gasteiger partial charge in [0, 0.05) is 0 Å². The Hall–Kier alpha value is -1.80. The third kappa shape index (κ3) is 1.82. The molecule has 0 unspecified atom stereocenters. The summed E-state index contributed by atoms with van der Waals surface area (Å²) >= 11 is -2.27. The van der Waals surface area contributed by atoms with Crippen LogP contribution in [0.2, 0.25) is 11.5 Å². The van der Waals surface area contributed by atoms with Gasteiger partial charge in [0.05, 0.1) is 0 Å². The fourth-order valence-electron chi connectivity index (χ4n) is 3.62. The molecule has 0 nitrogen and oxygen atoms in total. The summed E-state index contributed by atoms with van der Waals surface area (Å²) in [4.78, 5) is 0. The predicted molar refractivity (Wildman–Crippen MR) is 94.1 cm³/mol. The van der Waals surface area contributed by atoms with E-state index in [0.717, 1.165) is 0 Å². The molecule has 0 fully saturated rings. The quantitative estimate of drug-likeness (QED) is 0.543. The minimum absolute atomic E-state index is 1.39. The van der Waals surface area contributed by atoms with Crippen molar-refractivity contribution in [2.24, 2.45) is 0 Å². The van der Waals surface area contributed by atoms with Gasteiger partial charge in [0.15, 0.2) is 0 Å². The Morgan fingerprint density at radius 2 is 0.810 bits per heavy atom. The van der Waals surface area contributed by atoms with Crippen molar-refractivity contribution in [3.8, 4) is 22.3 Å². The summed E-state index contributed by atoms with van der Waals surface area (Å²) in [5.74, 6) is 5.03. The molecule has 21 heavy (non-hydrogen) atoms. The molecule has 3 aromatic carbocycles. The standard InChI is InChI=1S/C20H18Ge/c1-21(2)19-13-7-5-11-17(19)15-9-3-4-10-16(15)18-12-6-8-14-20(18)21/h3-14H,1-2H3. The maximum absolute atomic E-state index is 2.52. The molecular weight excluding hydrogens is 313 g/mol. The third-order valence-electron chi connectivity index (χ3n) is 4.71. The minimum atomic E-state index is -2.27. The van der Waals surface area contributed by atoms with E-state index < -0.39 is 13.3 Å². The topological polar surface area (TPSA) is 0 Å². The monoisotopic (exact) mass is 332 g/mol. The summed E-state index contributed by atoms with van der Waals surface area (Å²) < 4.78 is 3.19. The first-order valence-electron chi connectivity index (χ1n) is 7.48. The van der Waals surface area contributed by atoms with Gasteiger partial charge in [-0.3, -0.25) is 0 Å². The second-order valence-corrected chi connectivity index (χ2v) is 15.3. The zero-order valence-electron chi connectivity index (χ0n) is 12.4. The molecule has 0 spiro atoms. The van der Waals surface area contributed by atoms with Gasteiger partial charge in [0.1, 0.15) is 0 Å². The molecule has 0 atom stereocenters. The van der Waals surface area contributed by atoms with Crippen molar-refractivity contribution < 1.29 is 0 Å². The number of rotatable bonds is 0. The predicted octanol–water partition coefficient (Wildman–Crippen LogP) is 4.16. The molecule has 0 saturated heterocycles. The average Bonchev–Trinajstić information content (AvgIpc) is 2.62. The van der Waals surface area contributed by atoms with Gasteiger partial charge in [0.25, 0.3) is 0 Å². The van der Waals surface area contributed by atoms with Gasteiger partial charge in [-0.05, 0) is 0 Å². The van der Waals surface area contributed by atoms with Gasteiger partial charge in [0.2, 0.25) is 0 Å². The summed E-state index contributed by atoms with van der Waals surface area (Å²) in [6.45, 7) is 0. The summed E-state index contributed by atoms with van der Waals surface area (Å²) in [7, 11) is 0. The Labute approximate surface area is 128 Å². The normalized spacial score (nSPS) is 14.6. The second kappa shape index (κ2) is 4.60. The van der Waals surface area contributed by atoms with Crippen LogP contribution in [0.5, 0.6) is 0 Å². The molecule has 102 valence electrons. The van der Waals surface area contributed by atoms with E-state index in [-0.39, 0.29) is 0 Å². The fourth-order valence-corrected chi connectivity index (χ4v) is 10.1. The average molecular weight is 331 g/mol. The van der Waals surface area contributed by atoms with Crippen LogP contribution < -0.4 is 8.79 Å². The van der Waals surface area contributed by atoms with Crippen LogP contribution in [0.25, 0.3) is 22.3 Å². The van der Waals surface area contributed by atoms with Crippen LogP contribution in [0.1, 0.15) is 0 Å². The summed E-state index contributed by atoms with van der Waals surface area (Å²) in [5.41, 5.74) is 5.65. The molecule has 0 saturated carbocycles. The first-order valence-corrected chi connectivity index (χ1v) is 13.8. The molecule has 0 radical (unpaired) electrons. The first-order chi connectivity index (χ1) is 10.2. The Kier molecular flexibility index (Phi) is 2.83. The van der Waals surface area contributed by atoms with E-state index in [1.807, 2.05) is 0 Å². The molecule has 1 heteroatoms. The van der Waals surface area contributed by atoms with Crippen LogP contribution in [-0.2, 0) is 0 Å². The molecule has 0 aromatic heterocycles. The summed E-state index contributed by atoms with van der Waals surface area (Å²) in [6.07, 6.45) is 0. The van der Waals surface area contributed by atoms with E-state index in [1.54, 1.807) is 8.79 Å². The van der Waals surface area contributed by atoms with Crippen molar-refractivity contribution in [2.75, 3.05) is 0 Å². The van der Waals surface area contributed by atoms with Crippen molar-refractivity contribution in [2.45, 2.75) is 11.5 Å². The Morgan fingerprint density at radius 1 is 0.476 bits per heavy atom. The van der Waals surface area contributed by atoms with E-state index in [9.17, 15) is 0 Å². The van der Waals surface area contributed by atoms with E-state index >= 15 is 0 Å². The van der Waals surface area contributed by atoms with Gasteiger partial charge in [-0.15, -0.1) is 0 Å². The van der Waals surface area contributed by atoms with Crippen molar-refractivity contribution in [3.05, 3.63) is 72.8 Å². The Bertz CT molecular complexity index is 762. The molecule has 4 rings (SSSR count). The summed E-state index contributed by atoms with van der Waals surface area (Å²) in [5, 5.41) is 0. The molecule has 1 aliphatic rings. The van der Waals surface area contributed by atoms with E-state index in [2.05, 4.69) is 84.3 Å². The van der Waals surface area contributed by atoms with Crippen LogP contribution in [0.4, 0.5) is 0 Å². The van der Waals surface area contributed by atoms with E-state index in [4.69, 9.17) is 0 Å². The van der Waals surface area contributed by atoms with Crippen LogP contribution in [0.3, 0.4) is 0 Å². The van der Waals surface area contributed by atoms with E-state index in [0.29, 0.717) is 0 Å². The second-order valence-electron chi connectivity index (χ2n) is 6.26. The SMILES string of the molecule is [CH3][Ge]1([CH3])[c]2ccccc2-c2ccccc2-c2cccc[c]21. The molecule has 0 aliphatic carbocycles. The van der Waals surface area contributed by atoms with Crippen LogP contribution in [0.15, 0.2) is 72.8 Å². The number of hydrogen-bond acceptors (Lipinski definition) is 0. The van der Waals surface area contributed by atoms with Gasteiger partial charge in [-0.2, -0.15) is 0 Å². The number of benzene rings is 3. The Balaban J connectivity index is 2.21. The molecule has 3 aromatic rings. The van der Waals surface area contributed by atoms with Crippen molar-refractivity contribution in [1.29, 1.82) is 0 Å². The van der Waals surface area contributed by atoms with Crippen molar-refractivity contribution in [1.82, 2.24) is 0 Å². The van der Waals surface area contributed by atoms with Crippen molar-refractivity contribution in [3.63, 3.8) is 0 Å². The Morgan fingerprint density at radius 3 is 1.24 bits per heavy atom. The van der Waals surface area contributed by atoms with Crippen LogP contribution >= 0.6 is 0 Å². The van der Waals surface area contributed by atoms with Gasteiger partial charge >= 0.3 is 129 Å². The molecule has 0 N–H and O–H groups in total.